The number of nitrogens with two attached hydrogens (primary N) is 1. The zero-order chi connectivity index (χ0) is 14.4. The number of amides is 1. The van der Waals surface area contributed by atoms with Crippen molar-refractivity contribution in [3.63, 3.8) is 0 Å². The summed E-state index contributed by atoms with van der Waals surface area (Å²) < 4.78 is 5.69. The number of nitrogens with zero attached hydrogens (tertiary/aromatic N) is 1. The molecule has 0 radical (unpaired) electrons. The Morgan fingerprint density at radius 2 is 2.20 bits per heavy atom. The zero-order valence-electron chi connectivity index (χ0n) is 11.5. The Labute approximate surface area is 117 Å². The maximum absolute atomic E-state index is 12.2. The predicted molar refractivity (Wildman–Crippen MR) is 75.6 cm³/mol. The Morgan fingerprint density at radius 1 is 1.45 bits per heavy atom. The third-order valence-corrected chi connectivity index (χ3v) is 3.48. The van der Waals surface area contributed by atoms with E-state index in [1.54, 1.807) is 17.0 Å². The number of likely N-dealkylation sites (tertiary alicyclic amines) is 1. The summed E-state index contributed by atoms with van der Waals surface area (Å²) in [6.07, 6.45) is 4.19. The summed E-state index contributed by atoms with van der Waals surface area (Å²) in [6.45, 7) is 2.56. The molecule has 3 N–H and O–H groups in total. The van der Waals surface area contributed by atoms with E-state index in [2.05, 4.69) is 4.98 Å². The van der Waals surface area contributed by atoms with E-state index in [0.717, 1.165) is 19.3 Å². The van der Waals surface area contributed by atoms with Crippen molar-refractivity contribution in [3.8, 4) is 0 Å². The van der Waals surface area contributed by atoms with Gasteiger partial charge in [0.05, 0.1) is 6.10 Å². The van der Waals surface area contributed by atoms with Crippen molar-refractivity contribution >= 4 is 5.91 Å². The fraction of sp³-hybridized carbons (Fsp3) is 0.571. The standard InChI is InChI=1S/C14H21N3O3/c15-6-2-10-20-11-4-8-17(9-5-11)14(19)12-3-1-7-16-13(12)18/h1,3,7,11H,2,4-6,8-10,15H2,(H,16,18). The molecule has 0 spiro atoms. The summed E-state index contributed by atoms with van der Waals surface area (Å²) in [4.78, 5) is 28.1. The summed E-state index contributed by atoms with van der Waals surface area (Å²) in [5, 5.41) is 0. The first-order valence-corrected chi connectivity index (χ1v) is 7.01. The van der Waals surface area contributed by atoms with Crippen LogP contribution in [0.3, 0.4) is 0 Å². The third-order valence-electron chi connectivity index (χ3n) is 3.48. The zero-order valence-corrected chi connectivity index (χ0v) is 11.5. The summed E-state index contributed by atoms with van der Waals surface area (Å²) in [5.41, 5.74) is 5.29. The summed E-state index contributed by atoms with van der Waals surface area (Å²) in [7, 11) is 0. The first kappa shape index (κ1) is 14.7. The van der Waals surface area contributed by atoms with Crippen LogP contribution in [-0.4, -0.2) is 48.1 Å². The molecule has 1 amide bonds. The largest absolute Gasteiger partial charge is 0.378 e. The molecule has 6 nitrogen and oxygen atoms in total. The van der Waals surface area contributed by atoms with Gasteiger partial charge in [0, 0.05) is 25.9 Å². The molecule has 0 unspecified atom stereocenters. The number of hydrogen-bond donors (Lipinski definition) is 2. The smallest absolute Gasteiger partial charge is 0.260 e. The van der Waals surface area contributed by atoms with Crippen molar-refractivity contribution in [3.05, 3.63) is 34.2 Å². The molecular weight excluding hydrogens is 258 g/mol. The van der Waals surface area contributed by atoms with Crippen molar-refractivity contribution in [2.45, 2.75) is 25.4 Å². The van der Waals surface area contributed by atoms with Crippen LogP contribution in [0.5, 0.6) is 0 Å². The maximum Gasteiger partial charge on any atom is 0.260 e. The molecule has 0 saturated carbocycles. The number of carbonyl (C=O) groups excluding carboxylic acids is 1. The fourth-order valence-electron chi connectivity index (χ4n) is 2.32. The number of piperidine rings is 1. The fourth-order valence-corrected chi connectivity index (χ4v) is 2.32. The van der Waals surface area contributed by atoms with Crippen molar-refractivity contribution in [2.24, 2.45) is 5.73 Å². The Kier molecular flexibility index (Phi) is 5.31. The van der Waals surface area contributed by atoms with E-state index in [1.807, 2.05) is 0 Å². The molecule has 0 aromatic carbocycles. The first-order chi connectivity index (χ1) is 9.72. The first-order valence-electron chi connectivity index (χ1n) is 7.01. The van der Waals surface area contributed by atoms with E-state index in [-0.39, 0.29) is 23.1 Å². The highest BCUT2D eigenvalue weighted by Crippen LogP contribution is 2.15. The Balaban J connectivity index is 1.86. The molecule has 0 aliphatic carbocycles. The van der Waals surface area contributed by atoms with Gasteiger partial charge in [-0.25, -0.2) is 0 Å². The number of hydrogen-bond acceptors (Lipinski definition) is 4. The van der Waals surface area contributed by atoms with E-state index in [0.29, 0.717) is 26.2 Å². The number of nitrogens with one attached hydrogen (secondary N) is 1. The van der Waals surface area contributed by atoms with Gasteiger partial charge in [-0.05, 0) is 37.9 Å². The Hall–Kier alpha value is -1.66. The maximum atomic E-state index is 12.2. The number of aromatic nitrogens is 1. The molecule has 1 aliphatic rings. The lowest BCUT2D eigenvalue weighted by Gasteiger charge is -2.31. The minimum Gasteiger partial charge on any atom is -0.378 e. The molecule has 1 aliphatic heterocycles. The Bertz CT molecular complexity index is 492. The van der Waals surface area contributed by atoms with Gasteiger partial charge in [-0.2, -0.15) is 0 Å². The molecule has 2 heterocycles. The van der Waals surface area contributed by atoms with E-state index in [1.165, 1.54) is 6.20 Å². The topological polar surface area (TPSA) is 88.4 Å². The molecule has 0 bridgehead atoms. The molecule has 1 aromatic rings. The summed E-state index contributed by atoms with van der Waals surface area (Å²) in [5.74, 6) is -0.202. The SMILES string of the molecule is NCCCOC1CCN(C(=O)c2ccc[nH]c2=O)CC1. The molecule has 20 heavy (non-hydrogen) atoms. The van der Waals surface area contributed by atoms with E-state index >= 15 is 0 Å². The van der Waals surface area contributed by atoms with Crippen LogP contribution in [0.25, 0.3) is 0 Å². The minimum atomic E-state index is -0.334. The molecule has 6 heteroatoms. The molecular formula is C14H21N3O3. The van der Waals surface area contributed by atoms with E-state index in [9.17, 15) is 9.59 Å². The van der Waals surface area contributed by atoms with Gasteiger partial charge in [-0.15, -0.1) is 0 Å². The lowest BCUT2D eigenvalue weighted by atomic mass is 10.1. The van der Waals surface area contributed by atoms with E-state index in [4.69, 9.17) is 10.5 Å². The van der Waals surface area contributed by atoms with Crippen molar-refractivity contribution in [2.75, 3.05) is 26.2 Å². The number of ether oxygens (including phenoxy) is 1. The van der Waals surface area contributed by atoms with Gasteiger partial charge in [-0.1, -0.05) is 0 Å². The number of H-pyrrole nitrogens is 1. The number of aromatic amines is 1. The molecule has 0 atom stereocenters. The Morgan fingerprint density at radius 3 is 2.85 bits per heavy atom. The normalized spacial score (nSPS) is 16.4. The predicted octanol–water partition coefficient (Wildman–Crippen LogP) is 0.345. The average Bonchev–Trinajstić information content (AvgIpc) is 2.48. The average molecular weight is 279 g/mol. The van der Waals surface area contributed by atoms with Crippen LogP contribution in [0.4, 0.5) is 0 Å². The minimum absolute atomic E-state index is 0.194. The summed E-state index contributed by atoms with van der Waals surface area (Å²) >= 11 is 0. The van der Waals surface area contributed by atoms with Gasteiger partial charge < -0.3 is 20.4 Å². The van der Waals surface area contributed by atoms with E-state index < -0.39 is 0 Å². The molecule has 110 valence electrons. The summed E-state index contributed by atoms with van der Waals surface area (Å²) in [6, 6.07) is 3.22. The van der Waals surface area contributed by atoms with Gasteiger partial charge in [0.2, 0.25) is 0 Å². The highest BCUT2D eigenvalue weighted by molar-refractivity contribution is 5.93. The van der Waals surface area contributed by atoms with Crippen LogP contribution < -0.4 is 11.3 Å². The second kappa shape index (κ2) is 7.21. The number of carbonyl (C=O) groups is 1. The lowest BCUT2D eigenvalue weighted by Crippen LogP contribution is -2.42. The number of pyridine rings is 1. The monoisotopic (exact) mass is 279 g/mol. The quantitative estimate of drug-likeness (QED) is 0.761. The van der Waals surface area contributed by atoms with Crippen LogP contribution in [0.1, 0.15) is 29.6 Å². The molecule has 2 rings (SSSR count). The second-order valence-corrected chi connectivity index (χ2v) is 4.92. The van der Waals surface area contributed by atoms with Crippen LogP contribution in [-0.2, 0) is 4.74 Å². The van der Waals surface area contributed by atoms with Crippen LogP contribution in [0.15, 0.2) is 23.1 Å². The molecule has 1 fully saturated rings. The molecule has 1 saturated heterocycles. The van der Waals surface area contributed by atoms with Crippen LogP contribution in [0, 0.1) is 0 Å². The van der Waals surface area contributed by atoms with Crippen molar-refractivity contribution < 1.29 is 9.53 Å². The van der Waals surface area contributed by atoms with Crippen LogP contribution >= 0.6 is 0 Å². The lowest BCUT2D eigenvalue weighted by molar-refractivity contribution is 0.00840. The van der Waals surface area contributed by atoms with Gasteiger partial charge >= 0.3 is 0 Å². The third kappa shape index (κ3) is 3.68. The highest BCUT2D eigenvalue weighted by Gasteiger charge is 2.25. The van der Waals surface area contributed by atoms with Gasteiger partial charge in [0.15, 0.2) is 0 Å². The number of rotatable bonds is 5. The van der Waals surface area contributed by atoms with Gasteiger partial charge in [0.25, 0.3) is 11.5 Å². The van der Waals surface area contributed by atoms with Crippen molar-refractivity contribution in [1.82, 2.24) is 9.88 Å². The second-order valence-electron chi connectivity index (χ2n) is 4.92. The van der Waals surface area contributed by atoms with Gasteiger partial charge in [0.1, 0.15) is 5.56 Å². The van der Waals surface area contributed by atoms with Crippen molar-refractivity contribution in [1.29, 1.82) is 0 Å². The highest BCUT2D eigenvalue weighted by atomic mass is 16.5. The molecule has 1 aromatic heterocycles. The van der Waals surface area contributed by atoms with Crippen LogP contribution in [0.2, 0.25) is 0 Å². The van der Waals surface area contributed by atoms with Gasteiger partial charge in [-0.3, -0.25) is 9.59 Å².